The van der Waals surface area contributed by atoms with E-state index in [0.717, 1.165) is 16.6 Å². The van der Waals surface area contributed by atoms with Crippen molar-refractivity contribution in [2.24, 2.45) is 5.92 Å². The Morgan fingerprint density at radius 1 is 1.29 bits per heavy atom. The number of anilines is 1. The van der Waals surface area contributed by atoms with Crippen LogP contribution in [0.2, 0.25) is 0 Å². The second kappa shape index (κ2) is 8.59. The molecule has 9 heteroatoms. The summed E-state index contributed by atoms with van der Waals surface area (Å²) in [6, 6.07) is 10.5. The minimum Gasteiger partial charge on any atom is -0.495 e. The van der Waals surface area contributed by atoms with Gasteiger partial charge in [-0.05, 0) is 49.2 Å². The lowest BCUT2D eigenvalue weighted by atomic mass is 9.99. The van der Waals surface area contributed by atoms with Crippen LogP contribution < -0.4 is 10.1 Å². The summed E-state index contributed by atoms with van der Waals surface area (Å²) < 4.78 is 46.9. The smallest absolute Gasteiger partial charge is 0.246 e. The first-order chi connectivity index (χ1) is 13.3. The van der Waals surface area contributed by atoms with Crippen molar-refractivity contribution >= 4 is 37.5 Å². The van der Waals surface area contributed by atoms with Crippen molar-refractivity contribution in [1.82, 2.24) is 4.31 Å². The fourth-order valence-corrected chi connectivity index (χ4v) is 5.27. The Kier molecular flexibility index (Phi) is 6.36. The Balaban J connectivity index is 1.79. The number of rotatable bonds is 5. The van der Waals surface area contributed by atoms with E-state index in [2.05, 4.69) is 21.2 Å². The van der Waals surface area contributed by atoms with Crippen LogP contribution in [0.25, 0.3) is 0 Å². The number of nitrogens with zero attached hydrogens (tertiary/aromatic N) is 1. The van der Waals surface area contributed by atoms with Crippen LogP contribution in [0.1, 0.15) is 12.8 Å². The number of methoxy groups -OCH3 is 1. The van der Waals surface area contributed by atoms with Crippen molar-refractivity contribution in [2.75, 3.05) is 25.5 Å². The zero-order valence-electron chi connectivity index (χ0n) is 15.2. The van der Waals surface area contributed by atoms with Gasteiger partial charge in [0.05, 0.1) is 13.0 Å². The molecular formula is C19H20BrFN2O4S. The van der Waals surface area contributed by atoms with E-state index in [4.69, 9.17) is 4.74 Å². The standard InChI is InChI=1S/C19H20BrFN2O4S/c1-27-17-8-7-15(21)11-18(17)28(25,26)23-9-3-4-13(12-23)19(24)22-16-6-2-5-14(20)10-16/h2,5-8,10-11,13H,3-4,9,12H2,1H3,(H,22,24)/t13-/m1/s1. The van der Waals surface area contributed by atoms with Gasteiger partial charge in [0.2, 0.25) is 15.9 Å². The van der Waals surface area contributed by atoms with Crippen molar-refractivity contribution in [3.05, 3.63) is 52.8 Å². The van der Waals surface area contributed by atoms with E-state index in [0.29, 0.717) is 18.5 Å². The summed E-state index contributed by atoms with van der Waals surface area (Å²) >= 11 is 3.35. The Morgan fingerprint density at radius 3 is 2.79 bits per heavy atom. The minimum atomic E-state index is -3.99. The summed E-state index contributed by atoms with van der Waals surface area (Å²) in [7, 11) is -2.66. The molecule has 1 fully saturated rings. The largest absolute Gasteiger partial charge is 0.495 e. The molecule has 0 aliphatic carbocycles. The highest BCUT2D eigenvalue weighted by Gasteiger charge is 2.35. The van der Waals surface area contributed by atoms with Crippen molar-refractivity contribution in [2.45, 2.75) is 17.7 Å². The maximum absolute atomic E-state index is 13.7. The summed E-state index contributed by atoms with van der Waals surface area (Å²) in [5.41, 5.74) is 0.631. The van der Waals surface area contributed by atoms with Gasteiger partial charge in [-0.1, -0.05) is 22.0 Å². The number of piperidine rings is 1. The fourth-order valence-electron chi connectivity index (χ4n) is 3.18. The molecule has 1 amide bonds. The normalized spacial score (nSPS) is 17.9. The van der Waals surface area contributed by atoms with E-state index < -0.39 is 21.8 Å². The van der Waals surface area contributed by atoms with Gasteiger partial charge < -0.3 is 10.1 Å². The molecule has 1 aliphatic rings. The molecule has 0 bridgehead atoms. The monoisotopic (exact) mass is 470 g/mol. The summed E-state index contributed by atoms with van der Waals surface area (Å²) in [5.74, 6) is -1.34. The molecule has 6 nitrogen and oxygen atoms in total. The van der Waals surface area contributed by atoms with Crippen LogP contribution in [0.3, 0.4) is 0 Å². The average Bonchev–Trinajstić information content (AvgIpc) is 2.68. The number of carbonyl (C=O) groups is 1. The number of amides is 1. The number of hydrogen-bond acceptors (Lipinski definition) is 4. The van der Waals surface area contributed by atoms with Gasteiger partial charge in [0, 0.05) is 23.2 Å². The molecule has 1 atom stereocenters. The number of halogens is 2. The molecule has 28 heavy (non-hydrogen) atoms. The average molecular weight is 471 g/mol. The predicted molar refractivity (Wildman–Crippen MR) is 107 cm³/mol. The quantitative estimate of drug-likeness (QED) is 0.723. The first kappa shape index (κ1) is 20.8. The molecule has 1 N–H and O–H groups in total. The third kappa shape index (κ3) is 4.53. The van der Waals surface area contributed by atoms with Crippen molar-refractivity contribution in [3.8, 4) is 5.75 Å². The molecule has 2 aromatic rings. The highest BCUT2D eigenvalue weighted by atomic mass is 79.9. The van der Waals surface area contributed by atoms with Gasteiger partial charge in [0.1, 0.15) is 16.5 Å². The molecule has 150 valence electrons. The third-order valence-corrected chi connectivity index (χ3v) is 6.97. The Hall–Kier alpha value is -1.97. The summed E-state index contributed by atoms with van der Waals surface area (Å²) in [6.07, 6.45) is 1.11. The van der Waals surface area contributed by atoms with Gasteiger partial charge >= 0.3 is 0 Å². The van der Waals surface area contributed by atoms with Gasteiger partial charge in [-0.3, -0.25) is 4.79 Å². The molecule has 0 unspecified atom stereocenters. The number of hydrogen-bond donors (Lipinski definition) is 1. The van der Waals surface area contributed by atoms with Crippen LogP contribution >= 0.6 is 15.9 Å². The zero-order valence-corrected chi connectivity index (χ0v) is 17.6. The van der Waals surface area contributed by atoms with Crippen LogP contribution in [-0.4, -0.2) is 38.8 Å². The number of benzene rings is 2. The molecular weight excluding hydrogens is 451 g/mol. The molecule has 1 heterocycles. The van der Waals surface area contributed by atoms with Crippen LogP contribution in [-0.2, 0) is 14.8 Å². The Morgan fingerprint density at radius 2 is 2.07 bits per heavy atom. The lowest BCUT2D eigenvalue weighted by Gasteiger charge is -2.31. The van der Waals surface area contributed by atoms with Crippen LogP contribution in [0.5, 0.6) is 5.75 Å². The van der Waals surface area contributed by atoms with Crippen LogP contribution in [0, 0.1) is 11.7 Å². The third-order valence-electron chi connectivity index (χ3n) is 4.59. The fraction of sp³-hybridized carbons (Fsp3) is 0.316. The molecule has 0 aromatic heterocycles. The highest BCUT2D eigenvalue weighted by molar-refractivity contribution is 9.10. The number of sulfonamides is 1. The molecule has 2 aromatic carbocycles. The zero-order chi connectivity index (χ0) is 20.3. The molecule has 1 saturated heterocycles. The predicted octanol–water partition coefficient (Wildman–Crippen LogP) is 3.64. The SMILES string of the molecule is COc1ccc(F)cc1S(=O)(=O)N1CCC[C@@H](C(=O)Nc2cccc(Br)c2)C1. The summed E-state index contributed by atoms with van der Waals surface area (Å²) in [4.78, 5) is 12.4. The van der Waals surface area contributed by atoms with Gasteiger partial charge in [0.15, 0.2) is 0 Å². The highest BCUT2D eigenvalue weighted by Crippen LogP contribution is 2.30. The van der Waals surface area contributed by atoms with E-state index in [9.17, 15) is 17.6 Å². The number of ether oxygens (including phenoxy) is 1. The lowest BCUT2D eigenvalue weighted by molar-refractivity contribution is -0.120. The second-order valence-corrected chi connectivity index (χ2v) is 9.32. The number of carbonyl (C=O) groups excluding carboxylic acids is 1. The maximum atomic E-state index is 13.7. The minimum absolute atomic E-state index is 0.0296. The summed E-state index contributed by atoms with van der Waals surface area (Å²) in [6.45, 7) is 0.296. The Labute approximate surface area is 171 Å². The maximum Gasteiger partial charge on any atom is 0.246 e. The van der Waals surface area contributed by atoms with E-state index >= 15 is 0 Å². The molecule has 0 saturated carbocycles. The van der Waals surface area contributed by atoms with Crippen molar-refractivity contribution in [3.63, 3.8) is 0 Å². The van der Waals surface area contributed by atoms with Crippen LogP contribution in [0.4, 0.5) is 10.1 Å². The van der Waals surface area contributed by atoms with Crippen molar-refractivity contribution < 1.29 is 22.3 Å². The summed E-state index contributed by atoms with van der Waals surface area (Å²) in [5, 5.41) is 2.82. The van der Waals surface area contributed by atoms with E-state index in [1.807, 2.05) is 6.07 Å². The topological polar surface area (TPSA) is 75.7 Å². The van der Waals surface area contributed by atoms with Gasteiger partial charge in [-0.15, -0.1) is 0 Å². The second-order valence-electron chi connectivity index (χ2n) is 6.50. The van der Waals surface area contributed by atoms with Crippen LogP contribution in [0.15, 0.2) is 51.8 Å². The van der Waals surface area contributed by atoms with E-state index in [1.54, 1.807) is 18.2 Å². The Bertz CT molecular complexity index is 984. The van der Waals surface area contributed by atoms with Gasteiger partial charge in [-0.25, -0.2) is 12.8 Å². The molecule has 1 aliphatic heterocycles. The first-order valence-electron chi connectivity index (χ1n) is 8.71. The number of nitrogens with one attached hydrogen (secondary N) is 1. The molecule has 3 rings (SSSR count). The lowest BCUT2D eigenvalue weighted by Crippen LogP contribution is -2.43. The van der Waals surface area contributed by atoms with Crippen molar-refractivity contribution in [1.29, 1.82) is 0 Å². The van der Waals surface area contributed by atoms with Gasteiger partial charge in [-0.2, -0.15) is 4.31 Å². The molecule has 0 radical (unpaired) electrons. The van der Waals surface area contributed by atoms with Gasteiger partial charge in [0.25, 0.3) is 0 Å². The molecule has 0 spiro atoms. The van der Waals surface area contributed by atoms with E-state index in [-0.39, 0.29) is 29.6 Å². The van der Waals surface area contributed by atoms with E-state index in [1.165, 1.54) is 17.5 Å². The first-order valence-corrected chi connectivity index (χ1v) is 10.9.